The first-order valence-corrected chi connectivity index (χ1v) is 7.27. The summed E-state index contributed by atoms with van der Waals surface area (Å²) in [5.74, 6) is 1.05. The normalized spacial score (nSPS) is 24.1. The fourth-order valence-corrected chi connectivity index (χ4v) is 3.01. The highest BCUT2D eigenvalue weighted by atomic mass is 16.2. The van der Waals surface area contributed by atoms with Gasteiger partial charge in [0.15, 0.2) is 0 Å². The molecule has 3 heterocycles. The number of carbonyl (C=O) groups is 1. The standard InChI is InChI=1S/C14H21N5O/c1-17-7-2-4-12(17)13(20)18-8-10-19(11-9-18)14-15-5-3-6-16-14/h3,5-6,12H,2,4,7-11H2,1H3/t12-/m0/s1. The summed E-state index contributed by atoms with van der Waals surface area (Å²) in [6, 6.07) is 1.91. The van der Waals surface area contributed by atoms with Gasteiger partial charge in [0, 0.05) is 38.6 Å². The lowest BCUT2D eigenvalue weighted by atomic mass is 10.2. The van der Waals surface area contributed by atoms with Gasteiger partial charge in [-0.05, 0) is 32.5 Å². The lowest BCUT2D eigenvalue weighted by Crippen LogP contribution is -2.53. The third-order valence-electron chi connectivity index (χ3n) is 4.23. The van der Waals surface area contributed by atoms with Gasteiger partial charge in [0.2, 0.25) is 11.9 Å². The zero-order chi connectivity index (χ0) is 13.9. The second-order valence-corrected chi connectivity index (χ2v) is 5.50. The fourth-order valence-electron chi connectivity index (χ4n) is 3.01. The Kier molecular flexibility index (Phi) is 3.82. The molecular formula is C14H21N5O. The molecule has 2 fully saturated rings. The molecule has 1 amide bonds. The number of likely N-dealkylation sites (N-methyl/N-ethyl adjacent to an activating group) is 1. The van der Waals surface area contributed by atoms with Crippen molar-refractivity contribution in [1.29, 1.82) is 0 Å². The molecule has 6 nitrogen and oxygen atoms in total. The van der Waals surface area contributed by atoms with Gasteiger partial charge < -0.3 is 9.80 Å². The Labute approximate surface area is 119 Å². The van der Waals surface area contributed by atoms with Crippen LogP contribution in [0.5, 0.6) is 0 Å². The molecular weight excluding hydrogens is 254 g/mol. The molecule has 0 spiro atoms. The van der Waals surface area contributed by atoms with Gasteiger partial charge in [0.25, 0.3) is 0 Å². The molecule has 0 unspecified atom stereocenters. The van der Waals surface area contributed by atoms with Crippen LogP contribution in [0.25, 0.3) is 0 Å². The van der Waals surface area contributed by atoms with E-state index in [1.807, 2.05) is 18.0 Å². The molecule has 3 rings (SSSR count). The molecule has 1 atom stereocenters. The van der Waals surface area contributed by atoms with E-state index in [1.54, 1.807) is 12.4 Å². The molecule has 1 aromatic heterocycles. The molecule has 1 aromatic rings. The smallest absolute Gasteiger partial charge is 0.240 e. The second-order valence-electron chi connectivity index (χ2n) is 5.50. The molecule has 2 aliphatic heterocycles. The molecule has 2 aliphatic rings. The third-order valence-corrected chi connectivity index (χ3v) is 4.23. The largest absolute Gasteiger partial charge is 0.338 e. The summed E-state index contributed by atoms with van der Waals surface area (Å²) in [6.45, 7) is 4.19. The van der Waals surface area contributed by atoms with Gasteiger partial charge in [-0.2, -0.15) is 0 Å². The zero-order valence-electron chi connectivity index (χ0n) is 11.9. The first-order valence-electron chi connectivity index (χ1n) is 7.27. The van der Waals surface area contributed by atoms with Crippen molar-refractivity contribution in [3.05, 3.63) is 18.5 Å². The SMILES string of the molecule is CN1CCC[C@H]1C(=O)N1CCN(c2ncccn2)CC1. The van der Waals surface area contributed by atoms with Crippen LogP contribution in [-0.4, -0.2) is 71.5 Å². The number of likely N-dealkylation sites (tertiary alicyclic amines) is 1. The number of hydrogen-bond acceptors (Lipinski definition) is 5. The van der Waals surface area contributed by atoms with E-state index < -0.39 is 0 Å². The summed E-state index contributed by atoms with van der Waals surface area (Å²) in [6.07, 6.45) is 5.64. The average Bonchev–Trinajstić information content (AvgIpc) is 2.94. The minimum Gasteiger partial charge on any atom is -0.338 e. The van der Waals surface area contributed by atoms with Crippen molar-refractivity contribution in [2.24, 2.45) is 0 Å². The number of nitrogens with zero attached hydrogens (tertiary/aromatic N) is 5. The first kappa shape index (κ1) is 13.3. The third kappa shape index (κ3) is 2.60. The number of rotatable bonds is 2. The van der Waals surface area contributed by atoms with Crippen molar-refractivity contribution in [2.45, 2.75) is 18.9 Å². The summed E-state index contributed by atoms with van der Waals surface area (Å²) in [4.78, 5) is 27.3. The lowest BCUT2D eigenvalue weighted by Gasteiger charge is -2.36. The number of amides is 1. The Hall–Kier alpha value is -1.69. The van der Waals surface area contributed by atoms with Crippen LogP contribution in [0.4, 0.5) is 5.95 Å². The zero-order valence-corrected chi connectivity index (χ0v) is 11.9. The van der Waals surface area contributed by atoms with E-state index in [-0.39, 0.29) is 6.04 Å². The lowest BCUT2D eigenvalue weighted by molar-refractivity contribution is -0.135. The number of anilines is 1. The average molecular weight is 275 g/mol. The van der Waals surface area contributed by atoms with E-state index in [9.17, 15) is 4.79 Å². The quantitative estimate of drug-likeness (QED) is 0.773. The minimum absolute atomic E-state index is 0.0922. The Morgan fingerprint density at radius 3 is 2.45 bits per heavy atom. The highest BCUT2D eigenvalue weighted by molar-refractivity contribution is 5.82. The molecule has 0 aliphatic carbocycles. The topological polar surface area (TPSA) is 52.6 Å². The predicted molar refractivity (Wildman–Crippen MR) is 76.5 cm³/mol. The Bertz CT molecular complexity index is 458. The van der Waals surface area contributed by atoms with E-state index in [0.29, 0.717) is 5.91 Å². The number of carbonyl (C=O) groups excluding carboxylic acids is 1. The van der Waals surface area contributed by atoms with E-state index in [2.05, 4.69) is 19.8 Å². The molecule has 0 radical (unpaired) electrons. The molecule has 0 bridgehead atoms. The van der Waals surface area contributed by atoms with Gasteiger partial charge in [0.1, 0.15) is 0 Å². The van der Waals surface area contributed by atoms with E-state index in [0.717, 1.165) is 51.5 Å². The van der Waals surface area contributed by atoms with Gasteiger partial charge in [-0.3, -0.25) is 9.69 Å². The van der Waals surface area contributed by atoms with Crippen molar-refractivity contribution in [3.63, 3.8) is 0 Å². The first-order chi connectivity index (χ1) is 9.75. The van der Waals surface area contributed by atoms with Crippen LogP contribution in [0.2, 0.25) is 0 Å². The van der Waals surface area contributed by atoms with Gasteiger partial charge in [-0.1, -0.05) is 0 Å². The molecule has 20 heavy (non-hydrogen) atoms. The van der Waals surface area contributed by atoms with Crippen molar-refractivity contribution >= 4 is 11.9 Å². The Morgan fingerprint density at radius 2 is 1.85 bits per heavy atom. The number of piperazine rings is 1. The summed E-state index contributed by atoms with van der Waals surface area (Å²) < 4.78 is 0. The van der Waals surface area contributed by atoms with Crippen LogP contribution < -0.4 is 4.90 Å². The van der Waals surface area contributed by atoms with Crippen molar-refractivity contribution in [3.8, 4) is 0 Å². The monoisotopic (exact) mass is 275 g/mol. The predicted octanol–water partition coefficient (Wildman–Crippen LogP) is 0.219. The summed E-state index contributed by atoms with van der Waals surface area (Å²) in [7, 11) is 2.05. The van der Waals surface area contributed by atoms with Crippen LogP contribution in [-0.2, 0) is 4.79 Å². The van der Waals surface area contributed by atoms with E-state index in [4.69, 9.17) is 0 Å². The molecule has 108 valence electrons. The van der Waals surface area contributed by atoms with Crippen molar-refractivity contribution in [1.82, 2.24) is 19.8 Å². The van der Waals surface area contributed by atoms with E-state index in [1.165, 1.54) is 0 Å². The minimum atomic E-state index is 0.0922. The van der Waals surface area contributed by atoms with Gasteiger partial charge in [-0.25, -0.2) is 9.97 Å². The number of hydrogen-bond donors (Lipinski definition) is 0. The van der Waals surface area contributed by atoms with E-state index >= 15 is 0 Å². The second kappa shape index (κ2) is 5.75. The highest BCUT2D eigenvalue weighted by Gasteiger charge is 2.32. The Morgan fingerprint density at radius 1 is 1.15 bits per heavy atom. The molecule has 6 heteroatoms. The summed E-state index contributed by atoms with van der Waals surface area (Å²) in [5, 5.41) is 0. The molecule has 0 aromatic carbocycles. The maximum absolute atomic E-state index is 12.5. The molecule has 2 saturated heterocycles. The van der Waals surface area contributed by atoms with Crippen LogP contribution in [0.3, 0.4) is 0 Å². The van der Waals surface area contributed by atoms with Gasteiger partial charge >= 0.3 is 0 Å². The maximum atomic E-state index is 12.5. The van der Waals surface area contributed by atoms with Gasteiger partial charge in [0.05, 0.1) is 6.04 Å². The molecule has 0 saturated carbocycles. The van der Waals surface area contributed by atoms with Crippen molar-refractivity contribution < 1.29 is 4.79 Å². The van der Waals surface area contributed by atoms with Crippen LogP contribution in [0.15, 0.2) is 18.5 Å². The summed E-state index contributed by atoms with van der Waals surface area (Å²) >= 11 is 0. The van der Waals surface area contributed by atoms with Crippen LogP contribution in [0.1, 0.15) is 12.8 Å². The van der Waals surface area contributed by atoms with Crippen molar-refractivity contribution in [2.75, 3.05) is 44.7 Å². The Balaban J connectivity index is 1.57. The molecule has 0 N–H and O–H groups in total. The summed E-state index contributed by atoms with van der Waals surface area (Å²) in [5.41, 5.74) is 0. The van der Waals surface area contributed by atoms with Crippen LogP contribution >= 0.6 is 0 Å². The fraction of sp³-hybridized carbons (Fsp3) is 0.643. The highest BCUT2D eigenvalue weighted by Crippen LogP contribution is 2.18. The maximum Gasteiger partial charge on any atom is 0.240 e. The van der Waals surface area contributed by atoms with Crippen LogP contribution in [0, 0.1) is 0 Å². The van der Waals surface area contributed by atoms with Gasteiger partial charge in [-0.15, -0.1) is 0 Å². The number of aromatic nitrogens is 2.